The molecular weight excluding hydrogens is 290 g/mol. The maximum Gasteiger partial charge on any atom is 0.313 e. The van der Waals surface area contributed by atoms with Crippen LogP contribution in [0.4, 0.5) is 5.69 Å². The number of carbonyl (C=O) groups is 2. The Morgan fingerprint density at radius 2 is 1.83 bits per heavy atom. The quantitative estimate of drug-likeness (QED) is 0.837. The number of hydrogen-bond acceptors (Lipinski definition) is 3. The zero-order chi connectivity index (χ0) is 17.0. The van der Waals surface area contributed by atoms with Crippen LogP contribution in [-0.2, 0) is 9.59 Å². The number of nitrogens with one attached hydrogen (secondary N) is 2. The van der Waals surface area contributed by atoms with Crippen LogP contribution in [0, 0.1) is 20.8 Å². The van der Waals surface area contributed by atoms with E-state index in [0.717, 1.165) is 48.3 Å². The lowest BCUT2D eigenvalue weighted by atomic mass is 10.1. The van der Waals surface area contributed by atoms with Crippen molar-refractivity contribution in [2.75, 3.05) is 25.0 Å². The van der Waals surface area contributed by atoms with Gasteiger partial charge in [0.05, 0.1) is 0 Å². The molecule has 5 heteroatoms. The predicted octanol–water partition coefficient (Wildman–Crippen LogP) is 2.15. The van der Waals surface area contributed by atoms with Gasteiger partial charge in [-0.25, -0.2) is 0 Å². The fourth-order valence-corrected chi connectivity index (χ4v) is 3.38. The average Bonchev–Trinajstić information content (AvgIpc) is 2.95. The van der Waals surface area contributed by atoms with Gasteiger partial charge in [-0.05, 0) is 57.8 Å². The number of hydrogen-bond donors (Lipinski definition) is 2. The molecule has 1 aromatic rings. The van der Waals surface area contributed by atoms with E-state index in [1.807, 2.05) is 32.9 Å². The Hall–Kier alpha value is -1.88. The Labute approximate surface area is 138 Å². The zero-order valence-corrected chi connectivity index (χ0v) is 14.5. The molecule has 2 N–H and O–H groups in total. The molecule has 23 heavy (non-hydrogen) atoms. The first kappa shape index (κ1) is 17.5. The third-order valence-corrected chi connectivity index (χ3v) is 4.53. The fourth-order valence-electron chi connectivity index (χ4n) is 3.38. The maximum absolute atomic E-state index is 12.1. The van der Waals surface area contributed by atoms with E-state index in [9.17, 15) is 9.59 Å². The van der Waals surface area contributed by atoms with E-state index in [0.29, 0.717) is 12.6 Å². The van der Waals surface area contributed by atoms with Gasteiger partial charge in [-0.2, -0.15) is 0 Å². The highest BCUT2D eigenvalue weighted by Gasteiger charge is 2.24. The van der Waals surface area contributed by atoms with E-state index < -0.39 is 11.8 Å². The molecule has 1 heterocycles. The second-order valence-electron chi connectivity index (χ2n) is 6.36. The standard InChI is InChI=1S/C18H27N3O2/c1-5-21-8-6-7-15(21)11-19-17(22)18(23)20-16-13(3)9-12(2)10-14(16)4/h9-10,15H,5-8,11H2,1-4H3,(H,19,22)(H,20,23)/t15-/m0/s1. The van der Waals surface area contributed by atoms with Gasteiger partial charge in [0.2, 0.25) is 0 Å². The summed E-state index contributed by atoms with van der Waals surface area (Å²) in [5.74, 6) is -1.16. The molecule has 2 rings (SSSR count). The van der Waals surface area contributed by atoms with Crippen molar-refractivity contribution >= 4 is 17.5 Å². The first-order valence-electron chi connectivity index (χ1n) is 8.33. The van der Waals surface area contributed by atoms with Crippen LogP contribution in [0.1, 0.15) is 36.5 Å². The molecule has 1 aromatic carbocycles. The van der Waals surface area contributed by atoms with E-state index in [-0.39, 0.29) is 0 Å². The van der Waals surface area contributed by atoms with Crippen molar-refractivity contribution in [3.63, 3.8) is 0 Å². The van der Waals surface area contributed by atoms with Crippen molar-refractivity contribution in [3.05, 3.63) is 28.8 Å². The normalized spacial score (nSPS) is 18.0. The first-order chi connectivity index (χ1) is 10.9. The van der Waals surface area contributed by atoms with Crippen molar-refractivity contribution in [1.82, 2.24) is 10.2 Å². The number of rotatable bonds is 4. The van der Waals surface area contributed by atoms with Crippen LogP contribution in [0.25, 0.3) is 0 Å². The highest BCUT2D eigenvalue weighted by atomic mass is 16.2. The number of benzene rings is 1. The molecule has 1 fully saturated rings. The van der Waals surface area contributed by atoms with E-state index in [2.05, 4.69) is 22.5 Å². The Morgan fingerprint density at radius 3 is 2.43 bits per heavy atom. The number of carbonyl (C=O) groups excluding carboxylic acids is 2. The SMILES string of the molecule is CCN1CCC[C@H]1CNC(=O)C(=O)Nc1c(C)cc(C)cc1C. The number of amides is 2. The number of nitrogens with zero attached hydrogens (tertiary/aromatic N) is 1. The van der Waals surface area contributed by atoms with Gasteiger partial charge in [-0.15, -0.1) is 0 Å². The summed E-state index contributed by atoms with van der Waals surface area (Å²) >= 11 is 0. The Bertz CT molecular complexity index is 575. The summed E-state index contributed by atoms with van der Waals surface area (Å²) in [4.78, 5) is 26.5. The van der Waals surface area contributed by atoms with Crippen molar-refractivity contribution in [1.29, 1.82) is 0 Å². The summed E-state index contributed by atoms with van der Waals surface area (Å²) in [7, 11) is 0. The van der Waals surface area contributed by atoms with Crippen molar-refractivity contribution < 1.29 is 9.59 Å². The summed E-state index contributed by atoms with van der Waals surface area (Å²) < 4.78 is 0. The van der Waals surface area contributed by atoms with Gasteiger partial charge in [0, 0.05) is 18.3 Å². The molecule has 2 amide bonds. The summed E-state index contributed by atoms with van der Waals surface area (Å²) in [6, 6.07) is 4.34. The second-order valence-corrected chi connectivity index (χ2v) is 6.36. The Balaban J connectivity index is 1.92. The van der Waals surface area contributed by atoms with Crippen LogP contribution in [0.3, 0.4) is 0 Å². The van der Waals surface area contributed by atoms with E-state index in [1.54, 1.807) is 0 Å². The van der Waals surface area contributed by atoms with Gasteiger partial charge in [0.15, 0.2) is 0 Å². The highest BCUT2D eigenvalue weighted by molar-refractivity contribution is 6.39. The largest absolute Gasteiger partial charge is 0.346 e. The highest BCUT2D eigenvalue weighted by Crippen LogP contribution is 2.21. The zero-order valence-electron chi connectivity index (χ0n) is 14.5. The van der Waals surface area contributed by atoms with Crippen molar-refractivity contribution in [2.24, 2.45) is 0 Å². The predicted molar refractivity (Wildman–Crippen MR) is 92.6 cm³/mol. The number of likely N-dealkylation sites (tertiary alicyclic amines) is 1. The lowest BCUT2D eigenvalue weighted by Gasteiger charge is -2.22. The molecule has 1 aliphatic rings. The smallest absolute Gasteiger partial charge is 0.313 e. The summed E-state index contributed by atoms with van der Waals surface area (Å²) in [6.45, 7) is 10.6. The molecule has 0 unspecified atom stereocenters. The number of anilines is 1. The lowest BCUT2D eigenvalue weighted by Crippen LogP contribution is -2.43. The molecule has 0 spiro atoms. The minimum atomic E-state index is -0.596. The Kier molecular flexibility index (Phi) is 5.77. The lowest BCUT2D eigenvalue weighted by molar-refractivity contribution is -0.136. The minimum absolute atomic E-state index is 0.347. The molecule has 0 aromatic heterocycles. The number of aryl methyl sites for hydroxylation is 3. The molecule has 126 valence electrons. The fraction of sp³-hybridized carbons (Fsp3) is 0.556. The van der Waals surface area contributed by atoms with Crippen molar-refractivity contribution in [2.45, 2.75) is 46.6 Å². The summed E-state index contributed by atoms with van der Waals surface area (Å²) in [6.07, 6.45) is 2.23. The molecule has 1 saturated heterocycles. The monoisotopic (exact) mass is 317 g/mol. The van der Waals surface area contributed by atoms with Crippen LogP contribution in [-0.4, -0.2) is 42.4 Å². The third-order valence-electron chi connectivity index (χ3n) is 4.53. The average molecular weight is 317 g/mol. The van der Waals surface area contributed by atoms with Crippen LogP contribution in [0.5, 0.6) is 0 Å². The molecular formula is C18H27N3O2. The molecule has 0 aliphatic carbocycles. The van der Waals surface area contributed by atoms with Crippen LogP contribution in [0.15, 0.2) is 12.1 Å². The van der Waals surface area contributed by atoms with Gasteiger partial charge < -0.3 is 10.6 Å². The van der Waals surface area contributed by atoms with E-state index >= 15 is 0 Å². The van der Waals surface area contributed by atoms with Gasteiger partial charge in [0.25, 0.3) is 0 Å². The summed E-state index contributed by atoms with van der Waals surface area (Å²) in [5.41, 5.74) is 3.81. The molecule has 0 radical (unpaired) electrons. The molecule has 1 atom stereocenters. The molecule has 0 bridgehead atoms. The Morgan fingerprint density at radius 1 is 1.17 bits per heavy atom. The van der Waals surface area contributed by atoms with Crippen LogP contribution in [0.2, 0.25) is 0 Å². The second kappa shape index (κ2) is 7.59. The number of likely N-dealkylation sites (N-methyl/N-ethyl adjacent to an activating group) is 1. The molecule has 5 nitrogen and oxygen atoms in total. The topological polar surface area (TPSA) is 61.4 Å². The minimum Gasteiger partial charge on any atom is -0.346 e. The third kappa shape index (κ3) is 4.32. The molecule has 1 aliphatic heterocycles. The molecule has 0 saturated carbocycles. The van der Waals surface area contributed by atoms with Gasteiger partial charge in [0.1, 0.15) is 0 Å². The van der Waals surface area contributed by atoms with Gasteiger partial charge >= 0.3 is 11.8 Å². The van der Waals surface area contributed by atoms with E-state index in [4.69, 9.17) is 0 Å². The van der Waals surface area contributed by atoms with Crippen LogP contribution < -0.4 is 10.6 Å². The van der Waals surface area contributed by atoms with Gasteiger partial charge in [-0.1, -0.05) is 24.6 Å². The summed E-state index contributed by atoms with van der Waals surface area (Å²) in [5, 5.41) is 5.51. The van der Waals surface area contributed by atoms with E-state index in [1.165, 1.54) is 0 Å². The van der Waals surface area contributed by atoms with Crippen LogP contribution >= 0.6 is 0 Å². The maximum atomic E-state index is 12.1. The van der Waals surface area contributed by atoms with Gasteiger partial charge in [-0.3, -0.25) is 14.5 Å². The van der Waals surface area contributed by atoms with Crippen molar-refractivity contribution in [3.8, 4) is 0 Å². The first-order valence-corrected chi connectivity index (χ1v) is 8.33.